The molecule has 1 atom stereocenters. The standard InChI is InChI=1S/C17H28N4O2/c1-19-15(4-8-18-19)14-20-9-3-5-17(6-10-20)7-11-21(16(17)22)12-13-23-2/h4,8H,3,5-7,9-14H2,1-2H3/t17-/m1/s1. The highest BCUT2D eigenvalue weighted by atomic mass is 16.5. The zero-order chi connectivity index (χ0) is 16.3. The molecule has 0 N–H and O–H groups in total. The summed E-state index contributed by atoms with van der Waals surface area (Å²) in [5.74, 6) is 0.358. The summed E-state index contributed by atoms with van der Waals surface area (Å²) in [6.07, 6.45) is 5.96. The van der Waals surface area contributed by atoms with Crippen LogP contribution in [0.5, 0.6) is 0 Å². The summed E-state index contributed by atoms with van der Waals surface area (Å²) in [5, 5.41) is 4.24. The molecule has 1 amide bonds. The number of amides is 1. The van der Waals surface area contributed by atoms with E-state index < -0.39 is 0 Å². The maximum atomic E-state index is 12.9. The van der Waals surface area contributed by atoms with Gasteiger partial charge in [0.25, 0.3) is 0 Å². The van der Waals surface area contributed by atoms with E-state index in [1.165, 1.54) is 5.69 Å². The third kappa shape index (κ3) is 3.43. The summed E-state index contributed by atoms with van der Waals surface area (Å²) in [6.45, 7) is 5.25. The van der Waals surface area contributed by atoms with E-state index in [1.807, 2.05) is 22.8 Å². The second kappa shape index (κ2) is 7.01. The topological polar surface area (TPSA) is 50.6 Å². The molecule has 128 valence electrons. The van der Waals surface area contributed by atoms with Gasteiger partial charge in [-0.1, -0.05) is 0 Å². The van der Waals surface area contributed by atoms with Crippen LogP contribution in [-0.4, -0.2) is 65.4 Å². The zero-order valence-electron chi connectivity index (χ0n) is 14.3. The van der Waals surface area contributed by atoms with Crippen molar-refractivity contribution >= 4 is 5.91 Å². The number of ether oxygens (including phenoxy) is 1. The van der Waals surface area contributed by atoms with Gasteiger partial charge < -0.3 is 9.64 Å². The SMILES string of the molecule is COCCN1CC[C@]2(CCCN(Cc3ccnn3C)CC2)C1=O. The van der Waals surface area contributed by atoms with Gasteiger partial charge in [0.15, 0.2) is 0 Å². The highest BCUT2D eigenvalue weighted by molar-refractivity contribution is 5.84. The number of hydrogen-bond acceptors (Lipinski definition) is 4. The fraction of sp³-hybridized carbons (Fsp3) is 0.765. The molecule has 0 aliphatic carbocycles. The Labute approximate surface area is 138 Å². The summed E-state index contributed by atoms with van der Waals surface area (Å²) in [6, 6.07) is 2.08. The molecule has 0 radical (unpaired) electrons. The van der Waals surface area contributed by atoms with Crippen molar-refractivity contribution in [3.8, 4) is 0 Å². The minimum absolute atomic E-state index is 0.116. The number of nitrogens with zero attached hydrogens (tertiary/aromatic N) is 4. The molecule has 3 heterocycles. The van der Waals surface area contributed by atoms with Crippen LogP contribution in [0.1, 0.15) is 31.4 Å². The Morgan fingerprint density at radius 3 is 2.83 bits per heavy atom. The summed E-state index contributed by atoms with van der Waals surface area (Å²) >= 11 is 0. The molecule has 2 aliphatic rings. The summed E-state index contributed by atoms with van der Waals surface area (Å²) in [4.78, 5) is 17.3. The smallest absolute Gasteiger partial charge is 0.228 e. The minimum atomic E-state index is -0.116. The molecular weight excluding hydrogens is 292 g/mol. The van der Waals surface area contributed by atoms with E-state index in [1.54, 1.807) is 7.11 Å². The third-order valence-corrected chi connectivity index (χ3v) is 5.51. The lowest BCUT2D eigenvalue weighted by molar-refractivity contribution is -0.137. The molecule has 0 bridgehead atoms. The Hall–Kier alpha value is -1.40. The normalized spacial score (nSPS) is 26.2. The van der Waals surface area contributed by atoms with Gasteiger partial charge in [-0.15, -0.1) is 0 Å². The Bertz CT molecular complexity index is 544. The summed E-state index contributed by atoms with van der Waals surface area (Å²) in [7, 11) is 3.68. The van der Waals surface area contributed by atoms with Gasteiger partial charge in [0.05, 0.1) is 17.7 Å². The highest BCUT2D eigenvalue weighted by Crippen LogP contribution is 2.41. The average Bonchev–Trinajstić information content (AvgIpc) is 2.99. The van der Waals surface area contributed by atoms with E-state index in [4.69, 9.17) is 4.74 Å². The van der Waals surface area contributed by atoms with Gasteiger partial charge in [-0.2, -0.15) is 5.10 Å². The van der Waals surface area contributed by atoms with Crippen LogP contribution in [0, 0.1) is 5.41 Å². The average molecular weight is 320 g/mol. The lowest BCUT2D eigenvalue weighted by atomic mass is 9.79. The Kier molecular flexibility index (Phi) is 5.02. The molecule has 1 aromatic heterocycles. The highest BCUT2D eigenvalue weighted by Gasteiger charge is 2.46. The van der Waals surface area contributed by atoms with Crippen molar-refractivity contribution in [3.63, 3.8) is 0 Å². The molecule has 0 aromatic carbocycles. The molecule has 1 aromatic rings. The van der Waals surface area contributed by atoms with Crippen molar-refractivity contribution in [2.45, 2.75) is 32.2 Å². The molecular formula is C17H28N4O2. The summed E-state index contributed by atoms with van der Waals surface area (Å²) < 4.78 is 7.07. The van der Waals surface area contributed by atoms with Crippen molar-refractivity contribution < 1.29 is 9.53 Å². The third-order valence-electron chi connectivity index (χ3n) is 5.51. The van der Waals surface area contributed by atoms with Gasteiger partial charge in [-0.25, -0.2) is 0 Å². The fourth-order valence-electron chi connectivity index (χ4n) is 3.97. The monoisotopic (exact) mass is 320 g/mol. The van der Waals surface area contributed by atoms with Gasteiger partial charge in [-0.3, -0.25) is 14.4 Å². The Morgan fingerprint density at radius 2 is 2.09 bits per heavy atom. The Morgan fingerprint density at radius 1 is 1.26 bits per heavy atom. The van der Waals surface area contributed by atoms with E-state index in [-0.39, 0.29) is 5.41 Å². The molecule has 1 spiro atoms. The maximum Gasteiger partial charge on any atom is 0.228 e. The number of hydrogen-bond donors (Lipinski definition) is 0. The quantitative estimate of drug-likeness (QED) is 0.820. The van der Waals surface area contributed by atoms with E-state index in [0.717, 1.165) is 58.4 Å². The first-order chi connectivity index (χ1) is 11.1. The van der Waals surface area contributed by atoms with Crippen molar-refractivity contribution in [3.05, 3.63) is 18.0 Å². The minimum Gasteiger partial charge on any atom is -0.383 e. The molecule has 6 nitrogen and oxygen atoms in total. The molecule has 2 fully saturated rings. The first-order valence-electron chi connectivity index (χ1n) is 8.62. The fourth-order valence-corrected chi connectivity index (χ4v) is 3.97. The zero-order valence-corrected chi connectivity index (χ0v) is 14.3. The van der Waals surface area contributed by atoms with Crippen molar-refractivity contribution in [1.29, 1.82) is 0 Å². The number of aromatic nitrogens is 2. The maximum absolute atomic E-state index is 12.9. The van der Waals surface area contributed by atoms with Crippen molar-refractivity contribution in [2.24, 2.45) is 12.5 Å². The van der Waals surface area contributed by atoms with E-state index >= 15 is 0 Å². The predicted octanol–water partition coefficient (Wildman–Crippen LogP) is 1.27. The first-order valence-corrected chi connectivity index (χ1v) is 8.62. The largest absolute Gasteiger partial charge is 0.383 e. The van der Waals surface area contributed by atoms with E-state index in [2.05, 4.69) is 16.1 Å². The molecule has 2 saturated heterocycles. The predicted molar refractivity (Wildman–Crippen MR) is 87.8 cm³/mol. The van der Waals surface area contributed by atoms with Crippen molar-refractivity contribution in [2.75, 3.05) is 39.9 Å². The number of rotatable bonds is 5. The van der Waals surface area contributed by atoms with Crippen LogP contribution in [-0.2, 0) is 23.1 Å². The lowest BCUT2D eigenvalue weighted by Crippen LogP contribution is -2.37. The van der Waals surface area contributed by atoms with Crippen LogP contribution < -0.4 is 0 Å². The number of likely N-dealkylation sites (tertiary alicyclic amines) is 2. The lowest BCUT2D eigenvalue weighted by Gasteiger charge is -2.26. The van der Waals surface area contributed by atoms with Crippen LogP contribution in [0.25, 0.3) is 0 Å². The van der Waals surface area contributed by atoms with Crippen LogP contribution in [0.15, 0.2) is 12.3 Å². The first kappa shape index (κ1) is 16.5. The van der Waals surface area contributed by atoms with Crippen molar-refractivity contribution in [1.82, 2.24) is 19.6 Å². The van der Waals surface area contributed by atoms with Crippen LogP contribution >= 0.6 is 0 Å². The Balaban J connectivity index is 1.60. The second-order valence-corrected chi connectivity index (χ2v) is 6.89. The van der Waals surface area contributed by atoms with Gasteiger partial charge in [0.1, 0.15) is 0 Å². The van der Waals surface area contributed by atoms with E-state index in [0.29, 0.717) is 12.5 Å². The summed E-state index contributed by atoms with van der Waals surface area (Å²) in [5.41, 5.74) is 1.12. The van der Waals surface area contributed by atoms with Crippen LogP contribution in [0.3, 0.4) is 0 Å². The molecule has 6 heteroatoms. The number of carbonyl (C=O) groups excluding carboxylic acids is 1. The van der Waals surface area contributed by atoms with E-state index in [9.17, 15) is 4.79 Å². The van der Waals surface area contributed by atoms with Gasteiger partial charge in [0.2, 0.25) is 5.91 Å². The number of methoxy groups -OCH3 is 1. The second-order valence-electron chi connectivity index (χ2n) is 6.89. The molecule has 0 unspecified atom stereocenters. The number of aryl methyl sites for hydroxylation is 1. The molecule has 0 saturated carbocycles. The van der Waals surface area contributed by atoms with Gasteiger partial charge in [0, 0.05) is 40.0 Å². The molecule has 3 rings (SSSR count). The molecule has 23 heavy (non-hydrogen) atoms. The van der Waals surface area contributed by atoms with Gasteiger partial charge >= 0.3 is 0 Å². The van der Waals surface area contributed by atoms with Crippen LogP contribution in [0.2, 0.25) is 0 Å². The molecule has 2 aliphatic heterocycles. The van der Waals surface area contributed by atoms with Crippen LogP contribution in [0.4, 0.5) is 0 Å². The van der Waals surface area contributed by atoms with Gasteiger partial charge in [-0.05, 0) is 44.8 Å². The number of carbonyl (C=O) groups is 1.